The van der Waals surface area contributed by atoms with Crippen molar-refractivity contribution in [3.05, 3.63) is 0 Å². The monoisotopic (exact) mass is 200 g/mol. The van der Waals surface area contributed by atoms with Crippen LogP contribution in [0.1, 0.15) is 0 Å². The summed E-state index contributed by atoms with van der Waals surface area (Å²) in [5.41, 5.74) is -0.931. The largest absolute Gasteiger partial charge is 0.382 e. The zero-order valence-corrected chi connectivity index (χ0v) is 7.75. The zero-order valence-electron chi connectivity index (χ0n) is 7.75. The molecular formula is C9H12O5. The predicted octanol–water partition coefficient (Wildman–Crippen LogP) is -1.32. The molecule has 14 heavy (non-hydrogen) atoms. The summed E-state index contributed by atoms with van der Waals surface area (Å²) >= 11 is 0. The number of methoxy groups -OCH3 is 1. The summed E-state index contributed by atoms with van der Waals surface area (Å²) in [6, 6.07) is 0. The number of hydrogen-bond donors (Lipinski definition) is 1. The normalized spacial score (nSPS) is 68.1. The Morgan fingerprint density at radius 1 is 1.21 bits per heavy atom. The standard InChI is InChI=1S/C9H12O5/c1-11-3-4-6-8(14-6)9(10,2-12-4)7-5(3)13-7/h3-8,10H,2H2,1H3/t3-,4-,5+,6-,7+,8-,9+/m0/s1. The zero-order chi connectivity index (χ0) is 9.50. The van der Waals surface area contributed by atoms with Crippen LogP contribution in [0.3, 0.4) is 0 Å². The third kappa shape index (κ3) is 0.717. The lowest BCUT2D eigenvalue weighted by Gasteiger charge is -2.30. The van der Waals surface area contributed by atoms with Crippen LogP contribution in [0, 0.1) is 0 Å². The molecule has 1 saturated carbocycles. The Morgan fingerprint density at radius 2 is 1.93 bits per heavy atom. The number of hydrogen-bond acceptors (Lipinski definition) is 5. The fourth-order valence-electron chi connectivity index (χ4n) is 2.94. The molecule has 1 aliphatic carbocycles. The minimum absolute atomic E-state index is 0.00565. The van der Waals surface area contributed by atoms with Crippen molar-refractivity contribution < 1.29 is 24.1 Å². The first-order valence-corrected chi connectivity index (χ1v) is 4.93. The highest BCUT2D eigenvalue weighted by Gasteiger charge is 2.76. The smallest absolute Gasteiger partial charge is 0.145 e. The van der Waals surface area contributed by atoms with Crippen LogP contribution in [0.2, 0.25) is 0 Å². The first-order chi connectivity index (χ1) is 6.75. The molecule has 0 aromatic rings. The minimum Gasteiger partial charge on any atom is -0.382 e. The summed E-state index contributed by atoms with van der Waals surface area (Å²) in [7, 11) is 1.65. The van der Waals surface area contributed by atoms with E-state index in [9.17, 15) is 5.11 Å². The maximum atomic E-state index is 10.3. The Balaban J connectivity index is 1.78. The van der Waals surface area contributed by atoms with Gasteiger partial charge in [-0.1, -0.05) is 0 Å². The highest BCUT2D eigenvalue weighted by molar-refractivity contribution is 5.24. The van der Waals surface area contributed by atoms with Crippen LogP contribution < -0.4 is 0 Å². The van der Waals surface area contributed by atoms with Gasteiger partial charge in [0.15, 0.2) is 0 Å². The molecule has 0 amide bonds. The van der Waals surface area contributed by atoms with E-state index >= 15 is 0 Å². The molecule has 1 N–H and O–H groups in total. The molecule has 2 bridgehead atoms. The molecule has 5 fully saturated rings. The van der Waals surface area contributed by atoms with Crippen molar-refractivity contribution in [1.82, 2.24) is 0 Å². The molecule has 0 spiro atoms. The topological polar surface area (TPSA) is 63.8 Å². The molecule has 0 aromatic carbocycles. The Labute approximate surface area is 80.9 Å². The van der Waals surface area contributed by atoms with Crippen LogP contribution in [-0.2, 0) is 18.9 Å². The van der Waals surface area contributed by atoms with E-state index in [4.69, 9.17) is 18.9 Å². The van der Waals surface area contributed by atoms with E-state index in [1.807, 2.05) is 0 Å². The molecule has 0 unspecified atom stereocenters. The van der Waals surface area contributed by atoms with Crippen LogP contribution in [0.4, 0.5) is 0 Å². The molecule has 4 saturated heterocycles. The van der Waals surface area contributed by atoms with Crippen molar-refractivity contribution in [2.45, 2.75) is 42.2 Å². The highest BCUT2D eigenvalue weighted by atomic mass is 16.7. The molecule has 0 aromatic heterocycles. The van der Waals surface area contributed by atoms with E-state index in [1.165, 1.54) is 0 Å². The summed E-state index contributed by atoms with van der Waals surface area (Å²) in [6.45, 7) is 0.305. The molecule has 78 valence electrons. The van der Waals surface area contributed by atoms with Gasteiger partial charge in [0, 0.05) is 7.11 Å². The van der Waals surface area contributed by atoms with Crippen molar-refractivity contribution in [3.63, 3.8) is 0 Å². The minimum atomic E-state index is -0.931. The summed E-state index contributed by atoms with van der Waals surface area (Å²) in [5, 5.41) is 10.3. The van der Waals surface area contributed by atoms with Gasteiger partial charge in [-0.25, -0.2) is 0 Å². The quantitative estimate of drug-likeness (QED) is 0.532. The van der Waals surface area contributed by atoms with Crippen molar-refractivity contribution in [3.8, 4) is 0 Å². The maximum absolute atomic E-state index is 10.3. The van der Waals surface area contributed by atoms with Gasteiger partial charge in [-0.3, -0.25) is 0 Å². The van der Waals surface area contributed by atoms with Gasteiger partial charge in [0.1, 0.15) is 42.2 Å². The van der Waals surface area contributed by atoms with Crippen LogP contribution >= 0.6 is 0 Å². The molecule has 0 radical (unpaired) electrons. The van der Waals surface area contributed by atoms with E-state index in [0.717, 1.165) is 0 Å². The van der Waals surface area contributed by atoms with E-state index in [2.05, 4.69) is 0 Å². The van der Waals surface area contributed by atoms with Crippen molar-refractivity contribution in [1.29, 1.82) is 0 Å². The Hall–Kier alpha value is -0.200. The van der Waals surface area contributed by atoms with Crippen molar-refractivity contribution >= 4 is 0 Å². The lowest BCUT2D eigenvalue weighted by molar-refractivity contribution is -0.139. The third-order valence-corrected chi connectivity index (χ3v) is 3.79. The molecule has 5 rings (SSSR count). The van der Waals surface area contributed by atoms with Gasteiger partial charge in [0.2, 0.25) is 0 Å². The molecule has 5 aliphatic rings. The number of fused-ring (bicyclic) bond motifs is 1. The predicted molar refractivity (Wildman–Crippen MR) is 42.8 cm³/mol. The molecule has 4 aliphatic heterocycles. The van der Waals surface area contributed by atoms with Gasteiger partial charge in [-0.15, -0.1) is 0 Å². The van der Waals surface area contributed by atoms with Gasteiger partial charge in [0.25, 0.3) is 0 Å². The second kappa shape index (κ2) is 2.15. The maximum Gasteiger partial charge on any atom is 0.145 e. The lowest BCUT2D eigenvalue weighted by atomic mass is 9.93. The number of aliphatic hydroxyl groups is 1. The Bertz CT molecular complexity index is 295. The second-order valence-corrected chi connectivity index (χ2v) is 4.51. The first kappa shape index (κ1) is 8.01. The number of ether oxygens (including phenoxy) is 4. The van der Waals surface area contributed by atoms with Crippen LogP contribution in [-0.4, -0.2) is 61.0 Å². The van der Waals surface area contributed by atoms with Gasteiger partial charge >= 0.3 is 0 Å². The average Bonchev–Trinajstić information content (AvgIpc) is 2.99. The lowest BCUT2D eigenvalue weighted by Crippen LogP contribution is -2.51. The number of epoxide rings is 2. The van der Waals surface area contributed by atoms with Gasteiger partial charge in [0.05, 0.1) is 6.61 Å². The average molecular weight is 200 g/mol. The fraction of sp³-hybridized carbons (Fsp3) is 1.00. The summed E-state index contributed by atoms with van der Waals surface area (Å²) < 4.78 is 21.8. The molecule has 5 heteroatoms. The van der Waals surface area contributed by atoms with E-state index in [0.29, 0.717) is 6.61 Å². The van der Waals surface area contributed by atoms with Gasteiger partial charge < -0.3 is 24.1 Å². The van der Waals surface area contributed by atoms with E-state index in [1.54, 1.807) is 7.11 Å². The van der Waals surface area contributed by atoms with Crippen molar-refractivity contribution in [2.75, 3.05) is 13.7 Å². The highest BCUT2D eigenvalue weighted by Crippen LogP contribution is 2.54. The SMILES string of the molecule is CO[C@H]1[C@@H]2OC[C@@](O)([C@@H]3O[C@H]13)[C@H]1O[C@@H]21. The van der Waals surface area contributed by atoms with E-state index < -0.39 is 5.60 Å². The summed E-state index contributed by atoms with van der Waals surface area (Å²) in [6.07, 6.45) is -0.412. The van der Waals surface area contributed by atoms with Crippen LogP contribution in [0.15, 0.2) is 0 Å². The van der Waals surface area contributed by atoms with Crippen LogP contribution in [0.25, 0.3) is 0 Å². The van der Waals surface area contributed by atoms with Crippen molar-refractivity contribution in [2.24, 2.45) is 0 Å². The second-order valence-electron chi connectivity index (χ2n) is 4.51. The molecular weight excluding hydrogens is 188 g/mol. The first-order valence-electron chi connectivity index (χ1n) is 4.93. The fourth-order valence-corrected chi connectivity index (χ4v) is 2.94. The Morgan fingerprint density at radius 3 is 2.71 bits per heavy atom. The summed E-state index contributed by atoms with van der Waals surface area (Å²) in [4.78, 5) is 0. The molecule has 5 nitrogen and oxygen atoms in total. The van der Waals surface area contributed by atoms with E-state index in [-0.39, 0.29) is 36.6 Å². The van der Waals surface area contributed by atoms with Gasteiger partial charge in [-0.05, 0) is 0 Å². The Kier molecular flexibility index (Phi) is 1.23. The van der Waals surface area contributed by atoms with Gasteiger partial charge in [-0.2, -0.15) is 0 Å². The summed E-state index contributed by atoms with van der Waals surface area (Å²) in [5.74, 6) is 0. The third-order valence-electron chi connectivity index (χ3n) is 3.79. The molecule has 7 atom stereocenters. The number of rotatable bonds is 1. The van der Waals surface area contributed by atoms with Crippen LogP contribution in [0.5, 0.6) is 0 Å². The molecule has 4 heterocycles.